The highest BCUT2D eigenvalue weighted by Crippen LogP contribution is 2.38. The van der Waals surface area contributed by atoms with Crippen molar-refractivity contribution in [2.24, 2.45) is 5.73 Å². The molecule has 0 spiro atoms. The van der Waals surface area contributed by atoms with Crippen LogP contribution in [-0.4, -0.2) is 48.5 Å². The Morgan fingerprint density at radius 3 is 2.73 bits per heavy atom. The minimum atomic E-state index is -0.575. The summed E-state index contributed by atoms with van der Waals surface area (Å²) in [5, 5.41) is 8.71. The molecule has 4 atom stereocenters. The molecule has 0 radical (unpaired) electrons. The van der Waals surface area contributed by atoms with Crippen LogP contribution in [0.5, 0.6) is 0 Å². The van der Waals surface area contributed by atoms with Crippen LogP contribution >= 0.6 is 0 Å². The van der Waals surface area contributed by atoms with Gasteiger partial charge in [0, 0.05) is 6.04 Å². The van der Waals surface area contributed by atoms with Crippen LogP contribution < -0.4 is 5.73 Å². The van der Waals surface area contributed by atoms with E-state index in [-0.39, 0.29) is 31.0 Å². The first-order valence-electron chi connectivity index (χ1n) is 5.37. The van der Waals surface area contributed by atoms with Crippen molar-refractivity contribution in [2.45, 2.75) is 50.4 Å². The topological polar surface area (TPSA) is 73.9 Å². The van der Waals surface area contributed by atoms with E-state index in [1.54, 1.807) is 0 Å². The zero-order chi connectivity index (χ0) is 11.1. The highest BCUT2D eigenvalue weighted by molar-refractivity contribution is 5.01. The monoisotopic (exact) mass is 217 g/mol. The van der Waals surface area contributed by atoms with E-state index >= 15 is 0 Å². The van der Waals surface area contributed by atoms with Gasteiger partial charge >= 0.3 is 0 Å². The predicted molar refractivity (Wildman–Crippen MR) is 53.2 cm³/mol. The van der Waals surface area contributed by atoms with Gasteiger partial charge in [0.05, 0.1) is 19.3 Å². The number of hydrogen-bond donors (Lipinski definition) is 2. The molecule has 1 unspecified atom stereocenters. The van der Waals surface area contributed by atoms with Crippen LogP contribution in [0.1, 0.15) is 20.3 Å². The lowest BCUT2D eigenvalue weighted by Gasteiger charge is -2.22. The number of nitrogens with two attached hydrogens (primary N) is 1. The molecule has 5 nitrogen and oxygen atoms in total. The Morgan fingerprint density at radius 2 is 2.07 bits per heavy atom. The van der Waals surface area contributed by atoms with Crippen LogP contribution in [-0.2, 0) is 14.2 Å². The summed E-state index contributed by atoms with van der Waals surface area (Å²) in [6.07, 6.45) is 0.495. The zero-order valence-corrected chi connectivity index (χ0v) is 9.18. The lowest BCUT2D eigenvalue weighted by Crippen LogP contribution is -2.35. The Morgan fingerprint density at radius 1 is 1.40 bits per heavy atom. The summed E-state index contributed by atoms with van der Waals surface area (Å²) in [5.74, 6) is -0.575. The van der Waals surface area contributed by atoms with E-state index in [9.17, 15) is 0 Å². The first-order valence-corrected chi connectivity index (χ1v) is 5.37. The van der Waals surface area contributed by atoms with Crippen molar-refractivity contribution in [1.29, 1.82) is 0 Å². The van der Waals surface area contributed by atoms with Gasteiger partial charge in [-0.25, -0.2) is 0 Å². The highest BCUT2D eigenvalue weighted by atomic mass is 16.8. The largest absolute Gasteiger partial charge is 0.394 e. The lowest BCUT2D eigenvalue weighted by atomic mass is 10.2. The highest BCUT2D eigenvalue weighted by Gasteiger charge is 2.53. The first-order chi connectivity index (χ1) is 7.03. The SMILES string of the molecule is CC1(C)OC2[C@@H](OCCO)C[C@@H](N)[C@H]2O1. The van der Waals surface area contributed by atoms with Gasteiger partial charge in [-0.1, -0.05) is 0 Å². The van der Waals surface area contributed by atoms with Gasteiger partial charge < -0.3 is 25.1 Å². The molecule has 1 heterocycles. The Balaban J connectivity index is 1.99. The molecule has 1 saturated heterocycles. The van der Waals surface area contributed by atoms with Gasteiger partial charge in [0.2, 0.25) is 0 Å². The Bertz CT molecular complexity index is 233. The van der Waals surface area contributed by atoms with Gasteiger partial charge in [-0.2, -0.15) is 0 Å². The number of rotatable bonds is 3. The van der Waals surface area contributed by atoms with Crippen molar-refractivity contribution in [3.8, 4) is 0 Å². The molecule has 5 heteroatoms. The molecular formula is C10H19NO4. The van der Waals surface area contributed by atoms with E-state index in [0.717, 1.165) is 6.42 Å². The summed E-state index contributed by atoms with van der Waals surface area (Å²) in [6.45, 7) is 4.10. The number of aliphatic hydroxyl groups excluding tert-OH is 1. The zero-order valence-electron chi connectivity index (χ0n) is 9.18. The summed E-state index contributed by atoms with van der Waals surface area (Å²) in [6, 6.07) is -0.0412. The van der Waals surface area contributed by atoms with Crippen molar-refractivity contribution in [2.75, 3.05) is 13.2 Å². The predicted octanol–water partition coefficient (Wildman–Crippen LogP) is -0.385. The standard InChI is InChI=1S/C10H19NO4/c1-10(2)14-8-6(11)5-7(9(8)15-10)13-4-3-12/h6-9,12H,3-5,11H2,1-2H3/t6-,7+,8-,9?/m1/s1. The second kappa shape index (κ2) is 3.99. The fourth-order valence-electron chi connectivity index (χ4n) is 2.34. The van der Waals surface area contributed by atoms with Crippen molar-refractivity contribution in [3.63, 3.8) is 0 Å². The minimum absolute atomic E-state index is 0.0212. The summed E-state index contributed by atoms with van der Waals surface area (Å²) in [4.78, 5) is 0. The van der Waals surface area contributed by atoms with Crippen molar-refractivity contribution in [3.05, 3.63) is 0 Å². The summed E-state index contributed by atoms with van der Waals surface area (Å²) in [5.41, 5.74) is 5.96. The van der Waals surface area contributed by atoms with Gasteiger partial charge in [-0.05, 0) is 20.3 Å². The van der Waals surface area contributed by atoms with E-state index in [2.05, 4.69) is 0 Å². The molecule has 0 bridgehead atoms. The molecule has 0 aromatic carbocycles. The Hall–Kier alpha value is -0.200. The third-order valence-electron chi connectivity index (χ3n) is 2.88. The fourth-order valence-corrected chi connectivity index (χ4v) is 2.34. The van der Waals surface area contributed by atoms with Crippen LogP contribution in [0.15, 0.2) is 0 Å². The maximum Gasteiger partial charge on any atom is 0.163 e. The fraction of sp³-hybridized carbons (Fsp3) is 1.00. The Labute approximate surface area is 89.5 Å². The van der Waals surface area contributed by atoms with E-state index in [4.69, 9.17) is 25.1 Å². The Kier molecular flexibility index (Phi) is 3.00. The quantitative estimate of drug-likeness (QED) is 0.674. The van der Waals surface area contributed by atoms with Crippen LogP contribution in [0.25, 0.3) is 0 Å². The van der Waals surface area contributed by atoms with E-state index < -0.39 is 5.79 Å². The molecule has 1 aliphatic carbocycles. The number of hydrogen-bond acceptors (Lipinski definition) is 5. The smallest absolute Gasteiger partial charge is 0.163 e. The van der Waals surface area contributed by atoms with Gasteiger partial charge in [0.1, 0.15) is 12.2 Å². The van der Waals surface area contributed by atoms with Crippen LogP contribution in [0.4, 0.5) is 0 Å². The van der Waals surface area contributed by atoms with Gasteiger partial charge in [0.15, 0.2) is 5.79 Å². The molecule has 2 rings (SSSR count). The van der Waals surface area contributed by atoms with E-state index in [1.807, 2.05) is 13.8 Å². The summed E-state index contributed by atoms with van der Waals surface area (Å²) in [7, 11) is 0. The molecule has 15 heavy (non-hydrogen) atoms. The van der Waals surface area contributed by atoms with Gasteiger partial charge in [0.25, 0.3) is 0 Å². The van der Waals surface area contributed by atoms with Gasteiger partial charge in [-0.15, -0.1) is 0 Å². The average Bonchev–Trinajstić information content (AvgIpc) is 2.60. The molecule has 0 amide bonds. The number of aliphatic hydroxyl groups is 1. The summed E-state index contributed by atoms with van der Waals surface area (Å²) < 4.78 is 16.9. The maximum absolute atomic E-state index is 8.71. The number of fused-ring (bicyclic) bond motifs is 1. The van der Waals surface area contributed by atoms with Crippen molar-refractivity contribution < 1.29 is 19.3 Å². The van der Waals surface area contributed by atoms with Gasteiger partial charge in [-0.3, -0.25) is 0 Å². The van der Waals surface area contributed by atoms with Crippen LogP contribution in [0.3, 0.4) is 0 Å². The van der Waals surface area contributed by atoms with Crippen LogP contribution in [0.2, 0.25) is 0 Å². The minimum Gasteiger partial charge on any atom is -0.394 e. The van der Waals surface area contributed by atoms with E-state index in [0.29, 0.717) is 6.61 Å². The lowest BCUT2D eigenvalue weighted by molar-refractivity contribution is -0.168. The van der Waals surface area contributed by atoms with E-state index in [1.165, 1.54) is 0 Å². The summed E-state index contributed by atoms with van der Waals surface area (Å²) >= 11 is 0. The molecule has 88 valence electrons. The molecule has 3 N–H and O–H groups in total. The molecule has 2 fully saturated rings. The third kappa shape index (κ3) is 2.16. The molecule has 1 aliphatic heterocycles. The molecule has 1 saturated carbocycles. The molecule has 0 aromatic rings. The average molecular weight is 217 g/mol. The maximum atomic E-state index is 8.71. The number of ether oxygens (including phenoxy) is 3. The second-order valence-corrected chi connectivity index (χ2v) is 4.60. The normalized spacial score (nSPS) is 43.2. The van der Waals surface area contributed by atoms with Crippen molar-refractivity contribution in [1.82, 2.24) is 0 Å². The second-order valence-electron chi connectivity index (χ2n) is 4.60. The third-order valence-corrected chi connectivity index (χ3v) is 2.88. The molecular weight excluding hydrogens is 198 g/mol. The van der Waals surface area contributed by atoms with Crippen molar-refractivity contribution >= 4 is 0 Å². The first kappa shape index (κ1) is 11.3. The molecule has 2 aliphatic rings. The van der Waals surface area contributed by atoms with Crippen LogP contribution in [0, 0.1) is 0 Å². The molecule has 0 aromatic heterocycles.